The Bertz CT molecular complexity index is 817. The first-order chi connectivity index (χ1) is 13.4. The average Bonchev–Trinajstić information content (AvgIpc) is 2.61. The monoisotopic (exact) mass is 419 g/mol. The van der Waals surface area contributed by atoms with Crippen LogP contribution in [0.3, 0.4) is 0 Å². The molecule has 0 aliphatic carbocycles. The van der Waals surface area contributed by atoms with E-state index in [0.717, 1.165) is 19.8 Å². The van der Waals surface area contributed by atoms with Crippen molar-refractivity contribution in [3.05, 3.63) is 48.5 Å². The SMILES string of the molecule is O=C(Nc1cccc(O[B]Oc2cccc(NC(=O)C(F)(F)F)c2)c1)C(F)(F)F. The van der Waals surface area contributed by atoms with Crippen molar-refractivity contribution in [1.82, 2.24) is 0 Å². The molecule has 153 valence electrons. The van der Waals surface area contributed by atoms with E-state index in [1.807, 2.05) is 0 Å². The number of hydrogen-bond donors (Lipinski definition) is 2. The molecule has 13 heteroatoms. The van der Waals surface area contributed by atoms with Gasteiger partial charge in [0, 0.05) is 23.5 Å². The summed E-state index contributed by atoms with van der Waals surface area (Å²) in [6, 6.07) is 9.89. The number of carbonyl (C=O) groups excluding carboxylic acids is 2. The van der Waals surface area contributed by atoms with E-state index in [9.17, 15) is 35.9 Å². The van der Waals surface area contributed by atoms with E-state index >= 15 is 0 Å². The second-order valence-electron chi connectivity index (χ2n) is 5.29. The molecule has 0 aromatic heterocycles. The molecule has 0 fully saturated rings. The Morgan fingerprint density at radius 3 is 1.45 bits per heavy atom. The molecule has 2 aromatic rings. The van der Waals surface area contributed by atoms with Gasteiger partial charge in [-0.25, -0.2) is 0 Å². The van der Waals surface area contributed by atoms with Gasteiger partial charge >= 0.3 is 31.9 Å². The molecule has 0 atom stereocenters. The van der Waals surface area contributed by atoms with Gasteiger partial charge in [0.1, 0.15) is 11.5 Å². The van der Waals surface area contributed by atoms with Crippen molar-refractivity contribution in [3.8, 4) is 11.5 Å². The van der Waals surface area contributed by atoms with Crippen molar-refractivity contribution in [2.75, 3.05) is 10.6 Å². The highest BCUT2D eigenvalue weighted by atomic mass is 19.4. The Morgan fingerprint density at radius 2 is 1.10 bits per heavy atom. The van der Waals surface area contributed by atoms with Gasteiger partial charge in [-0.3, -0.25) is 9.59 Å². The molecule has 0 aliphatic heterocycles. The van der Waals surface area contributed by atoms with Gasteiger partial charge < -0.3 is 19.9 Å². The van der Waals surface area contributed by atoms with Crippen LogP contribution in [0.25, 0.3) is 0 Å². The van der Waals surface area contributed by atoms with Gasteiger partial charge in [-0.1, -0.05) is 12.1 Å². The molecule has 29 heavy (non-hydrogen) atoms. The summed E-state index contributed by atoms with van der Waals surface area (Å²) in [5.74, 6) is -4.31. The van der Waals surface area contributed by atoms with Crippen molar-refractivity contribution >= 4 is 30.9 Å². The van der Waals surface area contributed by atoms with Crippen molar-refractivity contribution in [2.24, 2.45) is 0 Å². The van der Waals surface area contributed by atoms with E-state index in [4.69, 9.17) is 9.31 Å². The second kappa shape index (κ2) is 8.75. The molecule has 6 nitrogen and oxygen atoms in total. The fourth-order valence-corrected chi connectivity index (χ4v) is 1.83. The van der Waals surface area contributed by atoms with Crippen LogP contribution in [-0.2, 0) is 9.59 Å². The number of carbonyl (C=O) groups is 2. The third-order valence-electron chi connectivity index (χ3n) is 3.07. The zero-order valence-corrected chi connectivity index (χ0v) is 14.1. The third kappa shape index (κ3) is 6.94. The minimum atomic E-state index is -5.06. The summed E-state index contributed by atoms with van der Waals surface area (Å²) in [6.07, 6.45) is -10.1. The van der Waals surface area contributed by atoms with Crippen LogP contribution in [0.1, 0.15) is 0 Å². The molecule has 2 aromatic carbocycles. The molecule has 0 unspecified atom stereocenters. The van der Waals surface area contributed by atoms with E-state index in [1.165, 1.54) is 36.4 Å². The summed E-state index contributed by atoms with van der Waals surface area (Å²) in [6.45, 7) is 0. The normalized spacial score (nSPS) is 11.4. The Hall–Kier alpha value is -3.38. The maximum Gasteiger partial charge on any atom is 0.658 e. The highest BCUT2D eigenvalue weighted by Crippen LogP contribution is 2.23. The molecule has 2 N–H and O–H groups in total. The first-order valence-corrected chi connectivity index (χ1v) is 7.56. The molecule has 2 amide bonds. The van der Waals surface area contributed by atoms with Crippen LogP contribution in [0.15, 0.2) is 48.5 Å². The van der Waals surface area contributed by atoms with Crippen LogP contribution < -0.4 is 19.9 Å². The molecular weight excluding hydrogens is 409 g/mol. The minimum Gasteiger partial charge on any atom is -0.526 e. The van der Waals surface area contributed by atoms with Crippen molar-refractivity contribution in [1.29, 1.82) is 0 Å². The zero-order valence-electron chi connectivity index (χ0n) is 14.1. The smallest absolute Gasteiger partial charge is 0.526 e. The molecule has 0 bridgehead atoms. The fraction of sp³-hybridized carbons (Fsp3) is 0.125. The van der Waals surface area contributed by atoms with Gasteiger partial charge in [-0.05, 0) is 24.3 Å². The first-order valence-electron chi connectivity index (χ1n) is 7.56. The topological polar surface area (TPSA) is 76.7 Å². The van der Waals surface area contributed by atoms with Gasteiger partial charge in [-0.2, -0.15) is 26.3 Å². The molecular formula is C16H10BF6N2O4. The molecule has 0 aliphatic rings. The van der Waals surface area contributed by atoms with Crippen LogP contribution in [0, 0.1) is 0 Å². The predicted molar refractivity (Wildman–Crippen MR) is 89.3 cm³/mol. The lowest BCUT2D eigenvalue weighted by Crippen LogP contribution is -2.29. The third-order valence-corrected chi connectivity index (χ3v) is 3.07. The maximum atomic E-state index is 12.2. The zero-order chi connectivity index (χ0) is 21.7. The largest absolute Gasteiger partial charge is 0.658 e. The van der Waals surface area contributed by atoms with E-state index in [2.05, 4.69) is 0 Å². The number of rotatable bonds is 6. The Kier molecular flexibility index (Phi) is 6.62. The second-order valence-corrected chi connectivity index (χ2v) is 5.29. The highest BCUT2D eigenvalue weighted by Gasteiger charge is 2.39. The Morgan fingerprint density at radius 1 is 0.724 bits per heavy atom. The van der Waals surface area contributed by atoms with Crippen LogP contribution in [0.4, 0.5) is 37.7 Å². The summed E-state index contributed by atoms with van der Waals surface area (Å²) >= 11 is 0. The van der Waals surface area contributed by atoms with Crippen molar-refractivity contribution in [3.63, 3.8) is 0 Å². The molecule has 0 saturated carbocycles. The van der Waals surface area contributed by atoms with Gasteiger partial charge in [0.25, 0.3) is 0 Å². The number of benzene rings is 2. The van der Waals surface area contributed by atoms with Crippen LogP contribution in [0.2, 0.25) is 0 Å². The Balaban J connectivity index is 1.92. The summed E-state index contributed by atoms with van der Waals surface area (Å²) in [5, 5.41) is 3.27. The lowest BCUT2D eigenvalue weighted by molar-refractivity contribution is -0.167. The van der Waals surface area contributed by atoms with E-state index in [1.54, 1.807) is 10.6 Å². The van der Waals surface area contributed by atoms with E-state index in [-0.39, 0.29) is 22.9 Å². The summed E-state index contributed by atoms with van der Waals surface area (Å²) < 4.78 is 83.6. The highest BCUT2D eigenvalue weighted by molar-refractivity contribution is 6.20. The lowest BCUT2D eigenvalue weighted by atomic mass is 10.2. The number of amides is 2. The first kappa shape index (κ1) is 21.9. The summed E-state index contributed by atoms with van der Waals surface area (Å²) in [5.41, 5.74) is -0.370. The molecule has 0 heterocycles. The number of alkyl halides is 6. The number of anilines is 2. The van der Waals surface area contributed by atoms with Crippen LogP contribution in [-0.4, -0.2) is 31.9 Å². The molecule has 0 saturated heterocycles. The van der Waals surface area contributed by atoms with E-state index in [0.29, 0.717) is 0 Å². The number of halogens is 6. The molecule has 0 spiro atoms. The van der Waals surface area contributed by atoms with Crippen molar-refractivity contribution < 1.29 is 45.2 Å². The lowest BCUT2D eigenvalue weighted by Gasteiger charge is -2.11. The maximum absolute atomic E-state index is 12.2. The van der Waals surface area contributed by atoms with E-state index < -0.39 is 24.2 Å². The predicted octanol–water partition coefficient (Wildman–Crippen LogP) is 3.68. The van der Waals surface area contributed by atoms with Crippen LogP contribution in [0.5, 0.6) is 11.5 Å². The Labute approximate surface area is 160 Å². The van der Waals surface area contributed by atoms with Gasteiger partial charge in [0.05, 0.1) is 0 Å². The summed E-state index contributed by atoms with van der Waals surface area (Å²) in [7, 11) is 0.759. The number of nitrogens with one attached hydrogen (secondary N) is 2. The summed E-state index contributed by atoms with van der Waals surface area (Å²) in [4.78, 5) is 21.8. The van der Waals surface area contributed by atoms with Gasteiger partial charge in [-0.15, -0.1) is 0 Å². The van der Waals surface area contributed by atoms with Gasteiger partial charge in [0.2, 0.25) is 0 Å². The average molecular weight is 419 g/mol. The number of hydrogen-bond acceptors (Lipinski definition) is 4. The van der Waals surface area contributed by atoms with Crippen molar-refractivity contribution in [2.45, 2.75) is 12.4 Å². The quantitative estimate of drug-likeness (QED) is 0.554. The van der Waals surface area contributed by atoms with Crippen LogP contribution >= 0.6 is 0 Å². The van der Waals surface area contributed by atoms with Gasteiger partial charge in [0.15, 0.2) is 0 Å². The molecule has 1 radical (unpaired) electrons. The molecule has 2 rings (SSSR count). The minimum absolute atomic E-state index is 0.00602. The standard InChI is InChI=1S/C16H10BF6N2O4/c18-15(19,20)13(26)24-9-3-1-5-11(7-9)28-17-29-12-6-2-4-10(8-12)25-14(27)16(21,22)23/h1-8H,(H,24,26)(H,25,27). The fourth-order valence-electron chi connectivity index (χ4n) is 1.83.